The van der Waals surface area contributed by atoms with Crippen LogP contribution in [0.3, 0.4) is 0 Å². The molecule has 27 nitrogen and oxygen atoms in total. The van der Waals surface area contributed by atoms with Crippen LogP contribution in [0, 0.1) is 0 Å². The van der Waals surface area contributed by atoms with Gasteiger partial charge in [-0.05, 0) is 101 Å². The predicted molar refractivity (Wildman–Crippen MR) is 266 cm³/mol. The lowest BCUT2D eigenvalue weighted by atomic mass is 10.0. The number of aliphatic carboxylic acids is 1. The SMILES string of the molecule is CC(=O)N[C@@H](Cc1ccccc1)C(=O)N[C@@H](C)C(=O)N[C@@H](C)C(=O)N[C@@H](C)C(=O)N[C@@H](C)C(=O)N[C@@H](C)C(=O)N[C@@H](C)C(=O)N[C@@H](C)C(=O)N[C@@H](C)C(=O)N[C@@H](C)C(=O)N[C@@H](C)C(=O)N[C@@H](CCCCN)C(=O)O. The third-order valence-electron chi connectivity index (χ3n) is 11.1. The minimum Gasteiger partial charge on any atom is -0.480 e. The van der Waals surface area contributed by atoms with Gasteiger partial charge in [-0.25, -0.2) is 4.79 Å². The second-order valence-corrected chi connectivity index (χ2v) is 17.9. The second kappa shape index (κ2) is 31.7. The maximum Gasteiger partial charge on any atom is 0.326 e. The zero-order valence-electron chi connectivity index (χ0n) is 43.7. The number of unbranched alkanes of at least 4 members (excludes halogenated alkanes) is 1. The zero-order valence-corrected chi connectivity index (χ0v) is 43.7. The van der Waals surface area contributed by atoms with E-state index < -0.39 is 149 Å². The van der Waals surface area contributed by atoms with Gasteiger partial charge in [-0.3, -0.25) is 57.5 Å². The van der Waals surface area contributed by atoms with Crippen LogP contribution in [0.25, 0.3) is 0 Å². The van der Waals surface area contributed by atoms with Gasteiger partial charge in [0.05, 0.1) is 0 Å². The molecular formula is C47H75N13O14. The highest BCUT2D eigenvalue weighted by Crippen LogP contribution is 2.05. The van der Waals surface area contributed by atoms with Crippen molar-refractivity contribution in [3.05, 3.63) is 35.9 Å². The molecule has 0 fully saturated rings. The first-order chi connectivity index (χ1) is 34.5. The largest absolute Gasteiger partial charge is 0.480 e. The van der Waals surface area contributed by atoms with Crippen molar-refractivity contribution in [2.75, 3.05) is 6.54 Å². The van der Waals surface area contributed by atoms with Gasteiger partial charge in [-0.2, -0.15) is 0 Å². The molecule has 0 radical (unpaired) electrons. The predicted octanol–water partition coefficient (Wildman–Crippen LogP) is -4.52. The van der Waals surface area contributed by atoms with Crippen LogP contribution >= 0.6 is 0 Å². The van der Waals surface area contributed by atoms with Gasteiger partial charge in [0.15, 0.2) is 0 Å². The Morgan fingerprint density at radius 3 is 0.878 bits per heavy atom. The summed E-state index contributed by atoms with van der Waals surface area (Å²) in [5, 5.41) is 38.4. The number of carboxylic acid groups (broad SMARTS) is 1. The van der Waals surface area contributed by atoms with E-state index in [9.17, 15) is 67.4 Å². The van der Waals surface area contributed by atoms with Crippen molar-refractivity contribution >= 4 is 76.9 Å². The third kappa shape index (κ3) is 23.2. The quantitative estimate of drug-likeness (QED) is 0.0323. The molecule has 12 amide bonds. The van der Waals surface area contributed by atoms with Crippen LogP contribution < -0.4 is 69.5 Å². The Bertz CT molecular complexity index is 2180. The van der Waals surface area contributed by atoms with Crippen LogP contribution in [0.1, 0.15) is 101 Å². The molecule has 0 aliphatic heterocycles. The summed E-state index contributed by atoms with van der Waals surface area (Å²) in [6.45, 7) is 14.8. The molecule has 0 saturated heterocycles. The van der Waals surface area contributed by atoms with Crippen molar-refractivity contribution in [1.29, 1.82) is 0 Å². The highest BCUT2D eigenvalue weighted by molar-refractivity contribution is 5.99. The number of rotatable bonds is 30. The molecule has 1 aromatic carbocycles. The van der Waals surface area contributed by atoms with Gasteiger partial charge in [-0.15, -0.1) is 0 Å². The molecule has 0 aliphatic rings. The van der Waals surface area contributed by atoms with Crippen LogP contribution in [-0.4, -0.2) is 161 Å². The summed E-state index contributed by atoms with van der Waals surface area (Å²) in [7, 11) is 0. The molecule has 15 N–H and O–H groups in total. The molecule has 0 spiro atoms. The number of amides is 12. The molecule has 0 aromatic heterocycles. The summed E-state index contributed by atoms with van der Waals surface area (Å²) < 4.78 is 0. The molecule has 27 heteroatoms. The molecule has 412 valence electrons. The molecule has 0 saturated carbocycles. The zero-order chi connectivity index (χ0) is 56.6. The topological polar surface area (TPSA) is 413 Å². The minimum atomic E-state index is -1.25. The van der Waals surface area contributed by atoms with Gasteiger partial charge >= 0.3 is 5.97 Å². The number of carbonyl (C=O) groups excluding carboxylic acids is 12. The number of hydrogen-bond acceptors (Lipinski definition) is 14. The molecule has 1 rings (SSSR count). The van der Waals surface area contributed by atoms with E-state index in [0.29, 0.717) is 19.4 Å². The first-order valence-corrected chi connectivity index (χ1v) is 24.1. The fourth-order valence-electron chi connectivity index (χ4n) is 6.37. The molecular weight excluding hydrogens is 971 g/mol. The van der Waals surface area contributed by atoms with E-state index in [-0.39, 0.29) is 12.8 Å². The minimum absolute atomic E-state index is 0.135. The maximum absolute atomic E-state index is 13.0. The number of carbonyl (C=O) groups is 13. The Morgan fingerprint density at radius 1 is 0.378 bits per heavy atom. The Kier molecular flexibility index (Phi) is 27.5. The first kappa shape index (κ1) is 64.3. The van der Waals surface area contributed by atoms with Crippen molar-refractivity contribution in [3.63, 3.8) is 0 Å². The fourth-order valence-corrected chi connectivity index (χ4v) is 6.37. The summed E-state index contributed by atoms with van der Waals surface area (Å²) >= 11 is 0. The molecule has 1 aromatic rings. The van der Waals surface area contributed by atoms with Gasteiger partial charge in [0.2, 0.25) is 70.9 Å². The number of hydrogen-bond donors (Lipinski definition) is 14. The van der Waals surface area contributed by atoms with Gasteiger partial charge in [-0.1, -0.05) is 30.3 Å². The summed E-state index contributed by atoms with van der Waals surface area (Å²) in [6.07, 6.45) is 1.31. The summed E-state index contributed by atoms with van der Waals surface area (Å²) in [6, 6.07) is -5.31. The maximum atomic E-state index is 13.0. The number of nitrogens with two attached hydrogens (primary N) is 1. The number of nitrogens with one attached hydrogen (secondary N) is 12. The van der Waals surface area contributed by atoms with Crippen molar-refractivity contribution in [3.8, 4) is 0 Å². The first-order valence-electron chi connectivity index (χ1n) is 24.1. The van der Waals surface area contributed by atoms with Crippen LogP contribution in [0.15, 0.2) is 30.3 Å². The average molecular weight is 1050 g/mol. The lowest BCUT2D eigenvalue weighted by Gasteiger charge is -2.24. The highest BCUT2D eigenvalue weighted by Gasteiger charge is 2.31. The molecule has 74 heavy (non-hydrogen) atoms. The average Bonchev–Trinajstić information content (AvgIpc) is 3.32. The number of benzene rings is 1. The van der Waals surface area contributed by atoms with Crippen molar-refractivity contribution in [1.82, 2.24) is 63.8 Å². The van der Waals surface area contributed by atoms with Gasteiger partial charge in [0, 0.05) is 13.3 Å². The fraction of sp³-hybridized carbons (Fsp3) is 0.596. The van der Waals surface area contributed by atoms with E-state index in [1.54, 1.807) is 30.3 Å². The van der Waals surface area contributed by atoms with Crippen LogP contribution in [0.2, 0.25) is 0 Å². The van der Waals surface area contributed by atoms with Crippen molar-refractivity contribution in [2.24, 2.45) is 5.73 Å². The van der Waals surface area contributed by atoms with Crippen molar-refractivity contribution < 1.29 is 67.4 Å². The van der Waals surface area contributed by atoms with Crippen LogP contribution in [0.5, 0.6) is 0 Å². The molecule has 0 aliphatic carbocycles. The van der Waals surface area contributed by atoms with Gasteiger partial charge in [0.1, 0.15) is 72.5 Å². The molecule has 12 atom stereocenters. The highest BCUT2D eigenvalue weighted by atomic mass is 16.4. The van der Waals surface area contributed by atoms with E-state index in [0.717, 1.165) is 5.56 Å². The van der Waals surface area contributed by atoms with E-state index in [4.69, 9.17) is 5.73 Å². The second-order valence-electron chi connectivity index (χ2n) is 17.9. The van der Waals surface area contributed by atoms with E-state index in [1.807, 2.05) is 0 Å². The standard InChI is InChI=1S/C47H75N13O14/c1-22(50-38(64)24(3)52-40(66)26(5)54-42(68)28(7)56-44(70)30(9)58-46(72)35(59-32(11)61)21-33-17-13-12-14-18-33)36(62)49-23(2)37(63)51-25(4)39(65)53-27(6)41(67)55-29(8)43(69)57-31(10)45(71)60-34(47(73)74)19-15-16-20-48/h12-14,17-18,22-31,34-35H,15-16,19-21,48H2,1-11H3,(H,49,62)(H,50,64)(H,51,63)(H,52,66)(H,53,65)(H,54,68)(H,55,67)(H,56,70)(H,57,69)(H,58,72)(H,59,61)(H,60,71)(H,73,74)/t22-,23-,24-,25-,26-,27-,28-,29-,30-,31-,34-,35-/m0/s1. The smallest absolute Gasteiger partial charge is 0.326 e. The monoisotopic (exact) mass is 1050 g/mol. The van der Waals surface area contributed by atoms with Crippen LogP contribution in [-0.2, 0) is 68.7 Å². The van der Waals surface area contributed by atoms with Crippen molar-refractivity contribution in [2.45, 2.75) is 174 Å². The Hall–Kier alpha value is -7.71. The molecule has 0 bridgehead atoms. The van der Waals surface area contributed by atoms with E-state index >= 15 is 0 Å². The molecule has 0 unspecified atom stereocenters. The van der Waals surface area contributed by atoms with Gasteiger partial charge < -0.3 is 74.6 Å². The Labute approximate surface area is 429 Å². The Morgan fingerprint density at radius 2 is 0.635 bits per heavy atom. The summed E-state index contributed by atoms with van der Waals surface area (Å²) in [5.41, 5.74) is 6.20. The number of carboxylic acids is 1. The van der Waals surface area contributed by atoms with Gasteiger partial charge in [0.25, 0.3) is 0 Å². The van der Waals surface area contributed by atoms with E-state index in [2.05, 4.69) is 63.8 Å². The van der Waals surface area contributed by atoms with E-state index in [1.165, 1.54) is 76.2 Å². The third-order valence-corrected chi connectivity index (χ3v) is 11.1. The van der Waals surface area contributed by atoms with Crippen LogP contribution in [0.4, 0.5) is 0 Å². The molecule has 0 heterocycles. The lowest BCUT2D eigenvalue weighted by Crippen LogP contribution is -2.58. The summed E-state index contributed by atoms with van der Waals surface area (Å²) in [5.74, 6) is -10.2. The normalized spacial score (nSPS) is 15.7. The lowest BCUT2D eigenvalue weighted by molar-refractivity contribution is -0.142. The summed E-state index contributed by atoms with van der Waals surface area (Å²) in [4.78, 5) is 165. The Balaban J connectivity index is 2.59.